The van der Waals surface area contributed by atoms with Crippen LogP contribution in [0.4, 0.5) is 0 Å². The van der Waals surface area contributed by atoms with Crippen molar-refractivity contribution in [2.45, 2.75) is 25.8 Å². The standard InChI is InChI=1S/C19H20N2O3/c1-13(16-9-5-7-14-6-3-4-8-17(14)16)20-18(22)11-10-15-12-19(23-2)21-24-15/h3-9,12-13H,10-11H2,1-2H3,(H,20,22)/t13-/m0/s1. The molecule has 1 aromatic heterocycles. The molecule has 24 heavy (non-hydrogen) atoms. The molecule has 0 radical (unpaired) electrons. The van der Waals surface area contributed by atoms with Crippen molar-refractivity contribution in [1.29, 1.82) is 0 Å². The molecule has 1 heterocycles. The van der Waals surface area contributed by atoms with Gasteiger partial charge in [0.05, 0.1) is 13.2 Å². The zero-order valence-electron chi connectivity index (χ0n) is 13.8. The minimum atomic E-state index is -0.0622. The lowest BCUT2D eigenvalue weighted by atomic mass is 9.99. The van der Waals surface area contributed by atoms with E-state index in [4.69, 9.17) is 9.26 Å². The van der Waals surface area contributed by atoms with Crippen molar-refractivity contribution in [1.82, 2.24) is 10.5 Å². The first-order valence-electron chi connectivity index (χ1n) is 7.94. The van der Waals surface area contributed by atoms with E-state index in [1.807, 2.05) is 25.1 Å². The molecule has 0 saturated heterocycles. The molecule has 5 heteroatoms. The molecular formula is C19H20N2O3. The minimum absolute atomic E-state index is 0.0224. The number of aromatic nitrogens is 1. The van der Waals surface area contributed by atoms with Gasteiger partial charge >= 0.3 is 0 Å². The topological polar surface area (TPSA) is 64.4 Å². The summed E-state index contributed by atoms with van der Waals surface area (Å²) in [6.45, 7) is 2.00. The van der Waals surface area contributed by atoms with Crippen molar-refractivity contribution in [3.8, 4) is 5.88 Å². The van der Waals surface area contributed by atoms with Gasteiger partial charge in [-0.05, 0) is 28.4 Å². The van der Waals surface area contributed by atoms with Crippen LogP contribution in [0.15, 0.2) is 53.1 Å². The van der Waals surface area contributed by atoms with Crippen molar-refractivity contribution in [2.24, 2.45) is 0 Å². The number of benzene rings is 2. The van der Waals surface area contributed by atoms with Gasteiger partial charge in [-0.15, -0.1) is 0 Å². The van der Waals surface area contributed by atoms with E-state index in [0.717, 1.165) is 10.9 Å². The number of nitrogens with zero attached hydrogens (tertiary/aromatic N) is 1. The number of ether oxygens (including phenoxy) is 1. The highest BCUT2D eigenvalue weighted by Crippen LogP contribution is 2.24. The van der Waals surface area contributed by atoms with E-state index in [1.54, 1.807) is 6.07 Å². The molecule has 2 aromatic carbocycles. The smallest absolute Gasteiger partial charge is 0.254 e. The number of amides is 1. The third kappa shape index (κ3) is 3.56. The first-order chi connectivity index (χ1) is 11.7. The molecule has 0 aliphatic rings. The maximum absolute atomic E-state index is 12.2. The molecule has 1 N–H and O–H groups in total. The fourth-order valence-corrected chi connectivity index (χ4v) is 2.76. The minimum Gasteiger partial charge on any atom is -0.479 e. The lowest BCUT2D eigenvalue weighted by Gasteiger charge is -2.16. The van der Waals surface area contributed by atoms with Crippen molar-refractivity contribution in [3.05, 3.63) is 59.9 Å². The summed E-state index contributed by atoms with van der Waals surface area (Å²) in [7, 11) is 1.53. The van der Waals surface area contributed by atoms with Crippen LogP contribution < -0.4 is 10.1 Å². The molecule has 1 atom stereocenters. The molecule has 1 amide bonds. The van der Waals surface area contributed by atoms with Gasteiger partial charge in [0.1, 0.15) is 5.76 Å². The summed E-state index contributed by atoms with van der Waals surface area (Å²) >= 11 is 0. The van der Waals surface area contributed by atoms with Crippen LogP contribution in [0.5, 0.6) is 5.88 Å². The van der Waals surface area contributed by atoms with E-state index in [2.05, 4.69) is 34.7 Å². The first-order valence-corrected chi connectivity index (χ1v) is 7.94. The van der Waals surface area contributed by atoms with E-state index in [-0.39, 0.29) is 11.9 Å². The summed E-state index contributed by atoms with van der Waals surface area (Å²) in [6, 6.07) is 16.0. The second-order valence-corrected chi connectivity index (χ2v) is 5.69. The number of hydrogen-bond acceptors (Lipinski definition) is 4. The number of rotatable bonds is 6. The van der Waals surface area contributed by atoms with Crippen LogP contribution in [0.1, 0.15) is 30.7 Å². The molecule has 3 aromatic rings. The lowest BCUT2D eigenvalue weighted by Crippen LogP contribution is -2.26. The van der Waals surface area contributed by atoms with Crippen LogP contribution in [0.2, 0.25) is 0 Å². The fourth-order valence-electron chi connectivity index (χ4n) is 2.76. The Bertz CT molecular complexity index is 836. The SMILES string of the molecule is COc1cc(CCC(=O)N[C@@H](C)c2cccc3ccccc23)on1. The number of fused-ring (bicyclic) bond motifs is 1. The Hall–Kier alpha value is -2.82. The molecule has 0 saturated carbocycles. The number of carbonyl (C=O) groups is 1. The van der Waals surface area contributed by atoms with E-state index in [1.165, 1.54) is 12.5 Å². The van der Waals surface area contributed by atoms with Gasteiger partial charge in [-0.2, -0.15) is 0 Å². The molecule has 5 nitrogen and oxygen atoms in total. The van der Waals surface area contributed by atoms with Gasteiger partial charge in [-0.1, -0.05) is 42.5 Å². The number of nitrogens with one attached hydrogen (secondary N) is 1. The Morgan fingerprint density at radius 3 is 2.83 bits per heavy atom. The van der Waals surface area contributed by atoms with E-state index >= 15 is 0 Å². The Kier molecular flexibility index (Phi) is 4.79. The average Bonchev–Trinajstić information content (AvgIpc) is 3.07. The maximum atomic E-state index is 12.2. The molecular weight excluding hydrogens is 304 g/mol. The number of hydrogen-bond donors (Lipinski definition) is 1. The highest BCUT2D eigenvalue weighted by atomic mass is 16.5. The van der Waals surface area contributed by atoms with E-state index in [9.17, 15) is 4.79 Å². The number of aryl methyl sites for hydroxylation is 1. The summed E-state index contributed by atoms with van der Waals surface area (Å²) in [5, 5.41) is 9.10. The van der Waals surface area contributed by atoms with Crippen molar-refractivity contribution in [3.63, 3.8) is 0 Å². The Morgan fingerprint density at radius 2 is 2.04 bits per heavy atom. The lowest BCUT2D eigenvalue weighted by molar-refractivity contribution is -0.121. The number of carbonyl (C=O) groups excluding carboxylic acids is 1. The molecule has 0 fully saturated rings. The molecule has 0 aliphatic heterocycles. The van der Waals surface area contributed by atoms with E-state index < -0.39 is 0 Å². The van der Waals surface area contributed by atoms with E-state index in [0.29, 0.717) is 24.5 Å². The Balaban J connectivity index is 1.63. The van der Waals surface area contributed by atoms with Gasteiger partial charge in [0, 0.05) is 18.9 Å². The normalized spacial score (nSPS) is 12.1. The Morgan fingerprint density at radius 1 is 1.25 bits per heavy atom. The van der Waals surface area contributed by atoms with Gasteiger partial charge in [0.25, 0.3) is 5.88 Å². The van der Waals surface area contributed by atoms with Crippen LogP contribution in [0, 0.1) is 0 Å². The third-order valence-electron chi connectivity index (χ3n) is 4.01. The summed E-state index contributed by atoms with van der Waals surface area (Å²) in [5.74, 6) is 1.04. The predicted octanol–water partition coefficient (Wildman–Crippen LogP) is 3.65. The molecule has 0 aliphatic carbocycles. The second kappa shape index (κ2) is 7.17. The molecule has 0 spiro atoms. The Labute approximate surface area is 140 Å². The second-order valence-electron chi connectivity index (χ2n) is 5.69. The zero-order chi connectivity index (χ0) is 16.9. The highest BCUT2D eigenvalue weighted by Gasteiger charge is 2.13. The summed E-state index contributed by atoms with van der Waals surface area (Å²) in [4.78, 5) is 12.2. The summed E-state index contributed by atoms with van der Waals surface area (Å²) in [6.07, 6.45) is 0.831. The van der Waals surface area contributed by atoms with Gasteiger partial charge < -0.3 is 14.6 Å². The van der Waals surface area contributed by atoms with Crippen LogP contribution in [-0.4, -0.2) is 18.2 Å². The monoisotopic (exact) mass is 324 g/mol. The fraction of sp³-hybridized carbons (Fsp3) is 0.263. The highest BCUT2D eigenvalue weighted by molar-refractivity contribution is 5.86. The first kappa shape index (κ1) is 16.1. The zero-order valence-corrected chi connectivity index (χ0v) is 13.8. The number of methoxy groups -OCH3 is 1. The largest absolute Gasteiger partial charge is 0.479 e. The van der Waals surface area contributed by atoms with Crippen molar-refractivity contribution >= 4 is 16.7 Å². The van der Waals surface area contributed by atoms with Gasteiger partial charge in [0.2, 0.25) is 5.91 Å². The van der Waals surface area contributed by atoms with Crippen LogP contribution in [0.25, 0.3) is 10.8 Å². The molecule has 3 rings (SSSR count). The summed E-state index contributed by atoms with van der Waals surface area (Å²) < 4.78 is 10.1. The molecule has 124 valence electrons. The molecule has 0 bridgehead atoms. The average molecular weight is 324 g/mol. The quantitative estimate of drug-likeness (QED) is 0.752. The van der Waals surface area contributed by atoms with Crippen molar-refractivity contribution in [2.75, 3.05) is 7.11 Å². The van der Waals surface area contributed by atoms with Crippen LogP contribution >= 0.6 is 0 Å². The van der Waals surface area contributed by atoms with Gasteiger partial charge in [0.15, 0.2) is 0 Å². The predicted molar refractivity (Wildman–Crippen MR) is 91.9 cm³/mol. The molecule has 0 unspecified atom stereocenters. The van der Waals surface area contributed by atoms with Crippen molar-refractivity contribution < 1.29 is 14.1 Å². The van der Waals surface area contributed by atoms with Crippen LogP contribution in [-0.2, 0) is 11.2 Å². The van der Waals surface area contributed by atoms with Gasteiger partial charge in [-0.3, -0.25) is 4.79 Å². The van der Waals surface area contributed by atoms with Gasteiger partial charge in [-0.25, -0.2) is 0 Å². The third-order valence-corrected chi connectivity index (χ3v) is 4.01. The van der Waals surface area contributed by atoms with Crippen LogP contribution in [0.3, 0.4) is 0 Å². The maximum Gasteiger partial charge on any atom is 0.254 e. The summed E-state index contributed by atoms with van der Waals surface area (Å²) in [5.41, 5.74) is 1.11.